The molecule has 0 atom stereocenters. The Morgan fingerprint density at radius 2 is 1.11 bits per heavy atom. The highest BCUT2D eigenvalue weighted by molar-refractivity contribution is 6.30. The van der Waals surface area contributed by atoms with E-state index in [9.17, 15) is 0 Å². The predicted molar refractivity (Wildman–Crippen MR) is 116 cm³/mol. The number of benzene rings is 4. The molecule has 1 radical (unpaired) electrons. The van der Waals surface area contributed by atoms with Gasteiger partial charge in [0.05, 0.1) is 0 Å². The zero-order valence-electron chi connectivity index (χ0n) is 15.0. The highest BCUT2D eigenvalue weighted by Crippen LogP contribution is 2.33. The second-order valence-electron chi connectivity index (χ2n) is 6.43. The van der Waals surface area contributed by atoms with Crippen molar-refractivity contribution in [2.75, 3.05) is 0 Å². The molecule has 0 unspecified atom stereocenters. The Balaban J connectivity index is 1.80. The van der Waals surface area contributed by atoms with Gasteiger partial charge in [-0.2, -0.15) is 0 Å². The van der Waals surface area contributed by atoms with E-state index in [4.69, 9.17) is 21.3 Å². The third kappa shape index (κ3) is 4.11. The van der Waals surface area contributed by atoms with Crippen LogP contribution in [0.5, 0.6) is 5.75 Å². The van der Waals surface area contributed by atoms with Crippen molar-refractivity contribution in [2.45, 2.75) is 0 Å². The van der Waals surface area contributed by atoms with Crippen molar-refractivity contribution >= 4 is 19.3 Å². The molecule has 0 aliphatic rings. The summed E-state index contributed by atoms with van der Waals surface area (Å²) in [5.74, 6) is 0.576. The molecule has 0 saturated heterocycles. The van der Waals surface area contributed by atoms with Crippen LogP contribution in [0.1, 0.15) is 0 Å². The van der Waals surface area contributed by atoms with Gasteiger partial charge in [0.2, 0.25) is 0 Å². The third-order valence-corrected chi connectivity index (χ3v) is 4.79. The molecule has 0 amide bonds. The predicted octanol–water partition coefficient (Wildman–Crippen LogP) is 6.25. The van der Waals surface area contributed by atoms with E-state index in [2.05, 4.69) is 24.3 Å². The smallest absolute Gasteiger partial charge is 0.537 e. The SMILES string of the molecule is O[B]Oc1cc(-c2ccccc2)cc(-c2cccc(-c3cccc(Cl)c3)c2)c1. The van der Waals surface area contributed by atoms with E-state index in [1.165, 1.54) is 0 Å². The summed E-state index contributed by atoms with van der Waals surface area (Å²) in [6.07, 6.45) is 0. The summed E-state index contributed by atoms with van der Waals surface area (Å²) in [4.78, 5) is 0. The standard InChI is InChI=1S/C24H17BClO2/c26-23-11-5-10-20(14-23)18-8-4-9-19(12-18)22-13-21(15-24(16-22)28-25-27)17-6-2-1-3-7-17/h1-16,27H. The molecular formula is C24H17BClO2. The Morgan fingerprint density at radius 1 is 0.571 bits per heavy atom. The minimum atomic E-state index is 0.576. The first-order chi connectivity index (χ1) is 13.7. The average Bonchev–Trinajstić information content (AvgIpc) is 2.74. The lowest BCUT2D eigenvalue weighted by molar-refractivity contribution is 0.454. The fourth-order valence-corrected chi connectivity index (χ4v) is 3.43. The molecule has 0 heterocycles. The van der Waals surface area contributed by atoms with E-state index in [0.29, 0.717) is 18.5 Å². The first-order valence-electron chi connectivity index (χ1n) is 8.92. The molecule has 2 nitrogen and oxygen atoms in total. The summed E-state index contributed by atoms with van der Waals surface area (Å²) in [5, 5.41) is 9.81. The summed E-state index contributed by atoms with van der Waals surface area (Å²) in [7, 11) is 0.705. The van der Waals surface area contributed by atoms with E-state index < -0.39 is 0 Å². The maximum absolute atomic E-state index is 9.10. The minimum Gasteiger partial charge on any atom is -0.537 e. The lowest BCUT2D eigenvalue weighted by atomic mass is 9.96. The zero-order valence-corrected chi connectivity index (χ0v) is 15.8. The van der Waals surface area contributed by atoms with Gasteiger partial charge in [0, 0.05) is 5.02 Å². The summed E-state index contributed by atoms with van der Waals surface area (Å²) >= 11 is 6.15. The Labute approximate surface area is 170 Å². The Morgan fingerprint density at radius 3 is 1.79 bits per heavy atom. The van der Waals surface area contributed by atoms with Gasteiger partial charge in [0.15, 0.2) is 0 Å². The molecule has 0 spiro atoms. The molecule has 0 fully saturated rings. The lowest BCUT2D eigenvalue weighted by Gasteiger charge is -2.12. The molecule has 0 bridgehead atoms. The second kappa shape index (κ2) is 8.34. The molecule has 4 rings (SSSR count). The van der Waals surface area contributed by atoms with Gasteiger partial charge in [-0.25, -0.2) is 0 Å². The average molecular weight is 384 g/mol. The monoisotopic (exact) mass is 383 g/mol. The minimum absolute atomic E-state index is 0.576. The van der Waals surface area contributed by atoms with Crippen molar-refractivity contribution in [3.05, 3.63) is 102 Å². The van der Waals surface area contributed by atoms with E-state index in [-0.39, 0.29) is 0 Å². The molecule has 0 aromatic heterocycles. The summed E-state index contributed by atoms with van der Waals surface area (Å²) < 4.78 is 5.27. The first-order valence-corrected chi connectivity index (χ1v) is 9.30. The van der Waals surface area contributed by atoms with Gasteiger partial charge in [-0.05, 0) is 69.8 Å². The molecule has 0 aliphatic heterocycles. The summed E-state index contributed by atoms with van der Waals surface area (Å²) in [5.41, 5.74) is 6.30. The second-order valence-corrected chi connectivity index (χ2v) is 6.86. The Hall–Kier alpha value is -3.01. The van der Waals surface area contributed by atoms with Gasteiger partial charge in [-0.15, -0.1) is 0 Å². The number of halogens is 1. The quantitative estimate of drug-likeness (QED) is 0.413. The van der Waals surface area contributed by atoms with Gasteiger partial charge < -0.3 is 9.68 Å². The van der Waals surface area contributed by atoms with E-state index in [0.717, 1.165) is 33.4 Å². The van der Waals surface area contributed by atoms with Crippen molar-refractivity contribution < 1.29 is 9.68 Å². The Kier molecular flexibility index (Phi) is 5.47. The van der Waals surface area contributed by atoms with Crippen LogP contribution in [0.25, 0.3) is 33.4 Å². The molecule has 0 aliphatic carbocycles. The van der Waals surface area contributed by atoms with E-state index in [1.54, 1.807) is 0 Å². The molecule has 4 aromatic rings. The summed E-state index contributed by atoms with van der Waals surface area (Å²) in [6.45, 7) is 0. The summed E-state index contributed by atoms with van der Waals surface area (Å²) in [6, 6.07) is 32.1. The highest BCUT2D eigenvalue weighted by Gasteiger charge is 2.08. The lowest BCUT2D eigenvalue weighted by Crippen LogP contribution is -2.00. The van der Waals surface area contributed by atoms with Crippen LogP contribution in [0.15, 0.2) is 97.1 Å². The van der Waals surface area contributed by atoms with Crippen LogP contribution in [-0.4, -0.2) is 12.7 Å². The molecule has 28 heavy (non-hydrogen) atoms. The topological polar surface area (TPSA) is 29.5 Å². The van der Waals surface area contributed by atoms with Crippen LogP contribution in [-0.2, 0) is 0 Å². The Bertz CT molecular complexity index is 1100. The van der Waals surface area contributed by atoms with Gasteiger partial charge in [0.25, 0.3) is 0 Å². The third-order valence-electron chi connectivity index (χ3n) is 4.56. The fraction of sp³-hybridized carbons (Fsp3) is 0. The van der Waals surface area contributed by atoms with Gasteiger partial charge in [0.1, 0.15) is 5.75 Å². The fourth-order valence-electron chi connectivity index (χ4n) is 3.24. The van der Waals surface area contributed by atoms with Crippen molar-refractivity contribution in [3.63, 3.8) is 0 Å². The van der Waals surface area contributed by atoms with Crippen molar-refractivity contribution in [3.8, 4) is 39.1 Å². The maximum atomic E-state index is 9.10. The molecular weight excluding hydrogens is 367 g/mol. The van der Waals surface area contributed by atoms with Crippen LogP contribution in [0, 0.1) is 0 Å². The largest absolute Gasteiger partial charge is 0.569 e. The maximum Gasteiger partial charge on any atom is 0.569 e. The van der Waals surface area contributed by atoms with Crippen molar-refractivity contribution in [2.24, 2.45) is 0 Å². The number of hydrogen-bond donors (Lipinski definition) is 1. The van der Waals surface area contributed by atoms with Crippen molar-refractivity contribution in [1.82, 2.24) is 0 Å². The van der Waals surface area contributed by atoms with Crippen LogP contribution in [0.3, 0.4) is 0 Å². The van der Waals surface area contributed by atoms with Gasteiger partial charge in [-0.3, -0.25) is 0 Å². The number of hydrogen-bond acceptors (Lipinski definition) is 2. The van der Waals surface area contributed by atoms with Gasteiger partial charge in [-0.1, -0.05) is 72.3 Å². The zero-order chi connectivity index (χ0) is 19.3. The van der Waals surface area contributed by atoms with E-state index in [1.807, 2.05) is 72.8 Å². The van der Waals surface area contributed by atoms with Gasteiger partial charge >= 0.3 is 7.69 Å². The molecule has 4 heteroatoms. The van der Waals surface area contributed by atoms with Crippen LogP contribution >= 0.6 is 11.6 Å². The normalized spacial score (nSPS) is 10.5. The highest BCUT2D eigenvalue weighted by atomic mass is 35.5. The van der Waals surface area contributed by atoms with Crippen LogP contribution < -0.4 is 4.65 Å². The molecule has 4 aromatic carbocycles. The molecule has 0 saturated carbocycles. The number of rotatable bonds is 5. The van der Waals surface area contributed by atoms with Crippen LogP contribution in [0.2, 0.25) is 5.02 Å². The van der Waals surface area contributed by atoms with Crippen molar-refractivity contribution in [1.29, 1.82) is 0 Å². The molecule has 135 valence electrons. The molecule has 1 N–H and O–H groups in total. The van der Waals surface area contributed by atoms with Crippen LogP contribution in [0.4, 0.5) is 0 Å². The first kappa shape index (κ1) is 18.4. The van der Waals surface area contributed by atoms with E-state index >= 15 is 0 Å².